The minimum absolute atomic E-state index is 1.43. The van der Waals surface area contributed by atoms with Crippen molar-refractivity contribution in [2.75, 3.05) is 13.1 Å². The van der Waals surface area contributed by atoms with E-state index < -0.39 is 49.7 Å². The maximum atomic E-state index is 13.1. The van der Waals surface area contributed by atoms with Crippen molar-refractivity contribution in [3.63, 3.8) is 0 Å². The van der Waals surface area contributed by atoms with Gasteiger partial charge in [0.15, 0.2) is 0 Å². The van der Waals surface area contributed by atoms with Gasteiger partial charge in [0, 0.05) is 0 Å². The van der Waals surface area contributed by atoms with Gasteiger partial charge in [-0.25, -0.2) is 0 Å². The zero-order valence-electron chi connectivity index (χ0n) is 9.05. The number of hydrogen-bond acceptors (Lipinski definition) is 9. The van der Waals surface area contributed by atoms with Gasteiger partial charge in [0.1, 0.15) is 19.7 Å². The van der Waals surface area contributed by atoms with Crippen molar-refractivity contribution in [1.82, 2.24) is 5.12 Å². The zero-order valence-corrected chi connectivity index (χ0v) is 9.05. The van der Waals surface area contributed by atoms with Crippen LogP contribution in [0.4, 0.5) is 13.3 Å². The Morgan fingerprint density at radius 3 is 1.10 bits per heavy atom. The molecular weight excluding hydrogens is 303 g/mol. The molecule has 0 rings (SSSR count). The summed E-state index contributed by atoms with van der Waals surface area (Å²) in [6.45, 7) is -4.78. The summed E-state index contributed by atoms with van der Waals surface area (Å²) in [5.74, 6) is -9.30. The molecular formula is C4H4F3N5O8. The second kappa shape index (κ2) is 5.55. The number of alkyl halides is 2. The number of nitrogens with zero attached hydrogens (tertiary/aromatic N) is 5. The summed E-state index contributed by atoms with van der Waals surface area (Å²) in [6, 6.07) is 0. The van der Waals surface area contributed by atoms with Gasteiger partial charge in [-0.3, -0.25) is 40.5 Å². The zero-order chi connectivity index (χ0) is 16.3. The fourth-order valence-electron chi connectivity index (χ4n) is 0.857. The second-order valence-corrected chi connectivity index (χ2v) is 3.25. The smallest absolute Gasteiger partial charge is 0.256 e. The summed E-state index contributed by atoms with van der Waals surface area (Å²) in [6.07, 6.45) is 0. The van der Waals surface area contributed by atoms with Crippen LogP contribution in [-0.2, 0) is 0 Å². The molecule has 0 atom stereocenters. The van der Waals surface area contributed by atoms with Crippen molar-refractivity contribution in [3.05, 3.63) is 40.5 Å². The molecule has 0 radical (unpaired) electrons. The van der Waals surface area contributed by atoms with Gasteiger partial charge < -0.3 is 0 Å². The van der Waals surface area contributed by atoms with Crippen molar-refractivity contribution < 1.29 is 33.0 Å². The van der Waals surface area contributed by atoms with Gasteiger partial charge in [0.2, 0.25) is 13.1 Å². The molecule has 0 aromatic rings. The molecule has 0 spiro atoms. The molecule has 16 heteroatoms. The highest BCUT2D eigenvalue weighted by atomic mass is 19.2. The molecule has 13 nitrogen and oxygen atoms in total. The predicted molar refractivity (Wildman–Crippen MR) is 48.3 cm³/mol. The SMILES string of the molecule is O=[N+]([O-])C(F)(CN(F)CC(F)([N+](=O)[O-])[N+](=O)[O-])[N+](=O)[O-]. The largest absolute Gasteiger partial charge is 0.629 e. The lowest BCUT2D eigenvalue weighted by molar-refractivity contribution is -0.839. The Kier molecular flexibility index (Phi) is 4.81. The molecule has 0 aliphatic heterocycles. The van der Waals surface area contributed by atoms with Crippen molar-refractivity contribution in [2.45, 2.75) is 11.8 Å². The minimum atomic E-state index is -4.65. The van der Waals surface area contributed by atoms with E-state index in [4.69, 9.17) is 0 Å². The van der Waals surface area contributed by atoms with E-state index in [-0.39, 0.29) is 0 Å². The van der Waals surface area contributed by atoms with Crippen LogP contribution in [0, 0.1) is 40.5 Å². The van der Waals surface area contributed by atoms with Crippen LogP contribution >= 0.6 is 0 Å². The van der Waals surface area contributed by atoms with Crippen molar-refractivity contribution >= 4 is 0 Å². The monoisotopic (exact) mass is 307 g/mol. The van der Waals surface area contributed by atoms with E-state index in [1.807, 2.05) is 0 Å². The second-order valence-electron chi connectivity index (χ2n) is 3.25. The Morgan fingerprint density at radius 2 is 0.950 bits per heavy atom. The molecule has 0 N–H and O–H groups in total. The standard InChI is InChI=1S/C4H4F3N5O8/c5-3(9(13)14,10(15)16)1-8(7)2-4(6,11(17)18)12(19)20/h1-2H2. The predicted octanol–water partition coefficient (Wildman–Crippen LogP) is -0.474. The lowest BCUT2D eigenvalue weighted by Gasteiger charge is -2.15. The van der Waals surface area contributed by atoms with Gasteiger partial charge in [-0.15, -0.1) is 9.60 Å². The molecule has 0 aliphatic carbocycles. The van der Waals surface area contributed by atoms with Crippen LogP contribution in [0.5, 0.6) is 0 Å². The topological polar surface area (TPSA) is 176 Å². The van der Waals surface area contributed by atoms with E-state index in [1.54, 1.807) is 0 Å². The quantitative estimate of drug-likeness (QED) is 0.188. The Labute approximate surface area is 105 Å². The van der Waals surface area contributed by atoms with Crippen LogP contribution in [0.25, 0.3) is 0 Å². The lowest BCUT2D eigenvalue weighted by Crippen LogP contribution is -2.55. The first-order valence-corrected chi connectivity index (χ1v) is 4.24. The minimum Gasteiger partial charge on any atom is -0.256 e. The molecule has 0 fully saturated rings. The van der Waals surface area contributed by atoms with Crippen LogP contribution < -0.4 is 0 Å². The third-order valence-corrected chi connectivity index (χ3v) is 1.86. The Morgan fingerprint density at radius 1 is 0.750 bits per heavy atom. The van der Waals surface area contributed by atoms with Gasteiger partial charge in [-0.2, -0.15) is 0 Å². The van der Waals surface area contributed by atoms with Gasteiger partial charge >= 0.3 is 11.8 Å². The van der Waals surface area contributed by atoms with E-state index in [0.717, 1.165) is 0 Å². The first-order valence-electron chi connectivity index (χ1n) is 4.24. The number of hydrogen-bond donors (Lipinski definition) is 0. The van der Waals surface area contributed by atoms with Crippen LogP contribution in [0.15, 0.2) is 0 Å². The third-order valence-electron chi connectivity index (χ3n) is 1.86. The molecule has 0 heterocycles. The van der Waals surface area contributed by atoms with E-state index >= 15 is 0 Å². The summed E-state index contributed by atoms with van der Waals surface area (Å²) in [5, 5.41) is 38.8. The maximum Gasteiger partial charge on any atom is 0.629 e. The van der Waals surface area contributed by atoms with Crippen molar-refractivity contribution in [3.8, 4) is 0 Å². The summed E-state index contributed by atoms with van der Waals surface area (Å²) in [4.78, 5) is 31.5. The normalized spacial score (nSPS) is 12.2. The van der Waals surface area contributed by atoms with Crippen molar-refractivity contribution in [2.24, 2.45) is 0 Å². The molecule has 0 saturated heterocycles. The third kappa shape index (κ3) is 3.22. The van der Waals surface area contributed by atoms with Crippen LogP contribution in [0.2, 0.25) is 0 Å². The first kappa shape index (κ1) is 17.3. The lowest BCUT2D eigenvalue weighted by atomic mass is 10.4. The highest BCUT2D eigenvalue weighted by Gasteiger charge is 2.65. The van der Waals surface area contributed by atoms with Gasteiger partial charge in [0.05, 0.1) is 0 Å². The molecule has 20 heavy (non-hydrogen) atoms. The average Bonchev–Trinajstić information content (AvgIpc) is 2.27. The summed E-state index contributed by atoms with van der Waals surface area (Å²) >= 11 is 0. The number of rotatable bonds is 8. The average molecular weight is 307 g/mol. The van der Waals surface area contributed by atoms with E-state index in [2.05, 4.69) is 0 Å². The molecule has 0 unspecified atom stereocenters. The van der Waals surface area contributed by atoms with Gasteiger partial charge in [0.25, 0.3) is 0 Å². The number of nitro groups is 4. The molecule has 0 amide bonds. The molecule has 0 saturated carbocycles. The highest BCUT2D eigenvalue weighted by molar-refractivity contribution is 4.62. The molecule has 114 valence electrons. The fourth-order valence-corrected chi connectivity index (χ4v) is 0.857. The number of halogens is 3. The maximum absolute atomic E-state index is 13.1. The fraction of sp³-hybridized carbons (Fsp3) is 1.00. The van der Waals surface area contributed by atoms with E-state index in [1.165, 1.54) is 0 Å². The van der Waals surface area contributed by atoms with Gasteiger partial charge in [-0.1, -0.05) is 8.78 Å². The van der Waals surface area contributed by atoms with Crippen LogP contribution in [0.1, 0.15) is 0 Å². The summed E-state index contributed by atoms with van der Waals surface area (Å²) in [5.41, 5.74) is 0. The van der Waals surface area contributed by atoms with E-state index in [0.29, 0.717) is 0 Å². The Balaban J connectivity index is 5.16. The Hall–Kier alpha value is -2.65. The van der Waals surface area contributed by atoms with Crippen LogP contribution in [-0.4, -0.2) is 49.7 Å². The van der Waals surface area contributed by atoms with Crippen molar-refractivity contribution in [1.29, 1.82) is 0 Å². The summed E-state index contributed by atoms with van der Waals surface area (Å²) < 4.78 is 39.2. The molecule has 0 aromatic heterocycles. The molecule has 0 aliphatic rings. The highest BCUT2D eigenvalue weighted by Crippen LogP contribution is 2.20. The first-order chi connectivity index (χ1) is 8.87. The van der Waals surface area contributed by atoms with Gasteiger partial charge in [-0.05, 0) is 0 Å². The summed E-state index contributed by atoms with van der Waals surface area (Å²) in [7, 11) is 0. The Bertz CT molecular complexity index is 389. The van der Waals surface area contributed by atoms with E-state index in [9.17, 15) is 53.7 Å². The molecule has 0 bridgehead atoms. The van der Waals surface area contributed by atoms with Crippen LogP contribution in [0.3, 0.4) is 0 Å². The molecule has 0 aromatic carbocycles.